The summed E-state index contributed by atoms with van der Waals surface area (Å²) in [5.41, 5.74) is 1.46. The lowest BCUT2D eigenvalue weighted by atomic mass is 9.76. The van der Waals surface area contributed by atoms with E-state index in [-0.39, 0.29) is 17.6 Å². The third-order valence-electron chi connectivity index (χ3n) is 8.46. The van der Waals surface area contributed by atoms with Gasteiger partial charge in [-0.15, -0.1) is 0 Å². The molecule has 0 amide bonds. The molecule has 3 unspecified atom stereocenters. The number of piperidine rings is 2. The summed E-state index contributed by atoms with van der Waals surface area (Å²) in [7, 11) is 2.23. The minimum absolute atomic E-state index is 0.0497. The number of rotatable bonds is 4. The van der Waals surface area contributed by atoms with Crippen LogP contribution in [0, 0.1) is 5.92 Å². The summed E-state index contributed by atoms with van der Waals surface area (Å²) in [4.78, 5) is 7.50. The molecule has 1 aromatic carbocycles. The van der Waals surface area contributed by atoms with Crippen LogP contribution < -0.4 is 0 Å². The monoisotopic (exact) mass is 443 g/mol. The molecule has 32 heavy (non-hydrogen) atoms. The predicted octanol–water partition coefficient (Wildman–Crippen LogP) is 3.87. The second-order valence-electron chi connectivity index (χ2n) is 11.4. The van der Waals surface area contributed by atoms with E-state index < -0.39 is 5.60 Å². The van der Waals surface area contributed by atoms with Gasteiger partial charge in [0.15, 0.2) is 0 Å². The van der Waals surface area contributed by atoms with E-state index in [4.69, 9.17) is 4.74 Å². The lowest BCUT2D eigenvalue weighted by molar-refractivity contribution is -0.175. The molecule has 5 nitrogen and oxygen atoms in total. The molecular weight excluding hydrogens is 398 g/mol. The first-order chi connectivity index (χ1) is 15.1. The molecule has 0 radical (unpaired) electrons. The molecule has 180 valence electrons. The predicted molar refractivity (Wildman–Crippen MR) is 131 cm³/mol. The number of aliphatic hydroxyl groups is 1. The fraction of sp³-hybridized carbons (Fsp3) is 0.778. The number of morpholine rings is 1. The molecule has 3 heterocycles. The number of likely N-dealkylation sites (tertiary alicyclic amines) is 2. The molecule has 0 aromatic heterocycles. The average molecular weight is 444 g/mol. The molecule has 1 spiro atoms. The van der Waals surface area contributed by atoms with Crippen molar-refractivity contribution in [1.29, 1.82) is 0 Å². The standard InChI is InChI=1S/C27H45N3O2/c1-20(2)29-13-10-26(11-14-29)19-28(6)18-25(32-26)23-8-7-9-24(16-23)27(31)12-15-30(21(3)4)17-22(27)5/h7-9,16,20-22,25,31H,10-15,17-19H2,1-6H3. The van der Waals surface area contributed by atoms with Gasteiger partial charge in [-0.2, -0.15) is 0 Å². The highest BCUT2D eigenvalue weighted by molar-refractivity contribution is 5.31. The quantitative estimate of drug-likeness (QED) is 0.765. The van der Waals surface area contributed by atoms with Gasteiger partial charge in [0.1, 0.15) is 0 Å². The van der Waals surface area contributed by atoms with Gasteiger partial charge in [-0.3, -0.25) is 0 Å². The van der Waals surface area contributed by atoms with E-state index >= 15 is 0 Å². The zero-order valence-electron chi connectivity index (χ0n) is 21.2. The van der Waals surface area contributed by atoms with Crippen LogP contribution in [-0.2, 0) is 10.3 Å². The highest BCUT2D eigenvalue weighted by Gasteiger charge is 2.44. The Balaban J connectivity index is 1.52. The molecule has 0 saturated carbocycles. The summed E-state index contributed by atoms with van der Waals surface area (Å²) < 4.78 is 6.89. The van der Waals surface area contributed by atoms with Crippen LogP contribution in [0.1, 0.15) is 71.1 Å². The second-order valence-corrected chi connectivity index (χ2v) is 11.4. The summed E-state index contributed by atoms with van der Waals surface area (Å²) in [6, 6.07) is 9.80. The number of hydrogen-bond acceptors (Lipinski definition) is 5. The number of ether oxygens (including phenoxy) is 1. The topological polar surface area (TPSA) is 39.2 Å². The molecule has 4 rings (SSSR count). The largest absolute Gasteiger partial charge is 0.385 e. The fourth-order valence-corrected chi connectivity index (χ4v) is 6.17. The first-order valence-electron chi connectivity index (χ1n) is 12.8. The Labute approximate surface area is 195 Å². The van der Waals surface area contributed by atoms with Crippen molar-refractivity contribution in [2.75, 3.05) is 46.3 Å². The van der Waals surface area contributed by atoms with Gasteiger partial charge in [-0.05, 0) is 65.1 Å². The Morgan fingerprint density at radius 2 is 1.62 bits per heavy atom. The van der Waals surface area contributed by atoms with Crippen LogP contribution in [0.3, 0.4) is 0 Å². The van der Waals surface area contributed by atoms with Gasteiger partial charge in [-0.25, -0.2) is 0 Å². The Morgan fingerprint density at radius 1 is 0.969 bits per heavy atom. The first-order valence-corrected chi connectivity index (χ1v) is 12.8. The SMILES string of the molecule is CC(C)N1CCC2(CC1)CN(C)CC(c1cccc(C3(O)CCN(C(C)C)CC3C)c1)O2. The second kappa shape index (κ2) is 9.34. The third kappa shape index (κ3) is 4.78. The minimum Gasteiger partial charge on any atom is -0.385 e. The maximum atomic E-state index is 11.7. The summed E-state index contributed by atoms with van der Waals surface area (Å²) in [5, 5.41) is 11.7. The maximum absolute atomic E-state index is 11.7. The van der Waals surface area contributed by atoms with Gasteiger partial charge in [0.05, 0.1) is 17.3 Å². The Hall–Kier alpha value is -0.980. The zero-order chi connectivity index (χ0) is 23.1. The van der Waals surface area contributed by atoms with E-state index in [0.717, 1.165) is 64.1 Å². The van der Waals surface area contributed by atoms with Crippen molar-refractivity contribution in [3.05, 3.63) is 35.4 Å². The van der Waals surface area contributed by atoms with Crippen LogP contribution in [0.4, 0.5) is 0 Å². The number of likely N-dealkylation sites (N-methyl/N-ethyl adjacent to an activating group) is 1. The van der Waals surface area contributed by atoms with E-state index in [2.05, 4.69) is 80.6 Å². The molecular formula is C27H45N3O2. The maximum Gasteiger partial charge on any atom is 0.0960 e. The molecule has 5 heteroatoms. The van der Waals surface area contributed by atoms with E-state index in [1.807, 2.05) is 0 Å². The lowest BCUT2D eigenvalue weighted by Crippen LogP contribution is -2.57. The summed E-state index contributed by atoms with van der Waals surface area (Å²) in [6.07, 6.45) is 3.04. The van der Waals surface area contributed by atoms with Crippen LogP contribution in [0.5, 0.6) is 0 Å². The molecule has 3 aliphatic rings. The van der Waals surface area contributed by atoms with Gasteiger partial charge >= 0.3 is 0 Å². The van der Waals surface area contributed by atoms with Crippen LogP contribution in [0.15, 0.2) is 24.3 Å². The molecule has 3 fully saturated rings. The first kappa shape index (κ1) is 24.2. The number of hydrogen-bond donors (Lipinski definition) is 1. The summed E-state index contributed by atoms with van der Waals surface area (Å²) in [6.45, 7) is 17.3. The summed E-state index contributed by atoms with van der Waals surface area (Å²) in [5.74, 6) is 0.204. The van der Waals surface area contributed by atoms with Crippen LogP contribution in [0.25, 0.3) is 0 Å². The van der Waals surface area contributed by atoms with Gasteiger partial charge in [0, 0.05) is 57.3 Å². The lowest BCUT2D eigenvalue weighted by Gasteiger charge is -2.50. The van der Waals surface area contributed by atoms with Crippen molar-refractivity contribution < 1.29 is 9.84 Å². The number of benzene rings is 1. The molecule has 0 aliphatic carbocycles. The smallest absolute Gasteiger partial charge is 0.0960 e. The molecule has 1 N–H and O–H groups in total. The zero-order valence-corrected chi connectivity index (χ0v) is 21.2. The van der Waals surface area contributed by atoms with E-state index in [0.29, 0.717) is 12.1 Å². The van der Waals surface area contributed by atoms with Crippen LogP contribution >= 0.6 is 0 Å². The highest BCUT2D eigenvalue weighted by atomic mass is 16.5. The molecule has 3 aliphatic heterocycles. The van der Waals surface area contributed by atoms with Crippen molar-refractivity contribution in [2.45, 2.75) is 83.3 Å². The average Bonchev–Trinajstić information content (AvgIpc) is 2.75. The molecule has 1 aromatic rings. The van der Waals surface area contributed by atoms with Crippen molar-refractivity contribution in [3.63, 3.8) is 0 Å². The van der Waals surface area contributed by atoms with Crippen molar-refractivity contribution in [2.24, 2.45) is 5.92 Å². The van der Waals surface area contributed by atoms with Gasteiger partial charge < -0.3 is 24.5 Å². The van der Waals surface area contributed by atoms with Gasteiger partial charge in [0.25, 0.3) is 0 Å². The number of nitrogens with zero attached hydrogens (tertiary/aromatic N) is 3. The van der Waals surface area contributed by atoms with Gasteiger partial charge in [-0.1, -0.05) is 31.2 Å². The fourth-order valence-electron chi connectivity index (χ4n) is 6.17. The van der Waals surface area contributed by atoms with Crippen molar-refractivity contribution in [1.82, 2.24) is 14.7 Å². The summed E-state index contributed by atoms with van der Waals surface area (Å²) >= 11 is 0. The van der Waals surface area contributed by atoms with Crippen LogP contribution in [0.2, 0.25) is 0 Å². The van der Waals surface area contributed by atoms with E-state index in [1.165, 1.54) is 5.56 Å². The van der Waals surface area contributed by atoms with Crippen molar-refractivity contribution >= 4 is 0 Å². The Morgan fingerprint density at radius 3 is 2.25 bits per heavy atom. The van der Waals surface area contributed by atoms with Gasteiger partial charge in [0.2, 0.25) is 0 Å². The van der Waals surface area contributed by atoms with Crippen LogP contribution in [-0.4, -0.2) is 83.8 Å². The van der Waals surface area contributed by atoms with Crippen molar-refractivity contribution in [3.8, 4) is 0 Å². The highest BCUT2D eigenvalue weighted by Crippen LogP contribution is 2.41. The Bertz CT molecular complexity index is 774. The Kier molecular flexibility index (Phi) is 7.05. The minimum atomic E-state index is -0.762. The third-order valence-corrected chi connectivity index (χ3v) is 8.46. The van der Waals surface area contributed by atoms with E-state index in [9.17, 15) is 5.11 Å². The molecule has 3 saturated heterocycles. The van der Waals surface area contributed by atoms with E-state index in [1.54, 1.807) is 0 Å². The molecule has 3 atom stereocenters. The molecule has 0 bridgehead atoms. The normalized spacial score (nSPS) is 32.8.